The molecule has 0 bridgehead atoms. The molecule has 4 rings (SSSR count). The van der Waals surface area contributed by atoms with E-state index >= 15 is 0 Å². The van der Waals surface area contributed by atoms with E-state index in [1.807, 2.05) is 0 Å². The van der Waals surface area contributed by atoms with Gasteiger partial charge in [0.2, 0.25) is 5.91 Å². The van der Waals surface area contributed by atoms with E-state index in [1.165, 1.54) is 53.5 Å². The van der Waals surface area contributed by atoms with Crippen LogP contribution in [0.1, 0.15) is 21.5 Å². The largest absolute Gasteiger partial charge is 0.464 e. The minimum atomic E-state index is -0.461. The number of rotatable bonds is 10. The van der Waals surface area contributed by atoms with Gasteiger partial charge in [0.25, 0.3) is 5.91 Å². The zero-order valence-corrected chi connectivity index (χ0v) is 22.5. The summed E-state index contributed by atoms with van der Waals surface area (Å²) in [5, 5.41) is 0.952. The van der Waals surface area contributed by atoms with Crippen LogP contribution < -0.4 is 5.43 Å². The molecule has 39 heavy (non-hydrogen) atoms. The number of ether oxygens (including phenoxy) is 1. The molecule has 10 heteroatoms. The quantitative estimate of drug-likeness (QED) is 0.249. The number of fused-ring (bicyclic) bond motifs is 1. The monoisotopic (exact) mass is 570 g/mol. The van der Waals surface area contributed by atoms with Crippen LogP contribution >= 0.6 is 23.2 Å². The Hall–Kier alpha value is -3.72. The molecule has 0 aliphatic rings. The fourth-order valence-electron chi connectivity index (χ4n) is 4.05. The van der Waals surface area contributed by atoms with Gasteiger partial charge in [-0.05, 0) is 48.0 Å². The van der Waals surface area contributed by atoms with Crippen LogP contribution in [0.5, 0.6) is 0 Å². The zero-order chi connectivity index (χ0) is 27.9. The first-order valence-corrected chi connectivity index (χ1v) is 12.8. The molecule has 3 aromatic carbocycles. The molecule has 7 nitrogen and oxygen atoms in total. The third-order valence-corrected chi connectivity index (χ3v) is 6.48. The highest BCUT2D eigenvalue weighted by atomic mass is 35.5. The predicted octanol–water partition coefficient (Wildman–Crippen LogP) is 5.56. The highest BCUT2D eigenvalue weighted by molar-refractivity contribution is 6.35. The molecule has 0 saturated carbocycles. The van der Waals surface area contributed by atoms with E-state index in [1.54, 1.807) is 36.4 Å². The molecule has 0 aliphatic carbocycles. The molecular weight excluding hydrogens is 546 g/mol. The lowest BCUT2D eigenvalue weighted by atomic mass is 10.1. The Labute approximate surface area is 234 Å². The number of halogens is 3. The molecule has 0 saturated heterocycles. The second-order valence-electron chi connectivity index (χ2n) is 8.84. The lowest BCUT2D eigenvalue weighted by molar-refractivity contribution is -0.133. The van der Waals surface area contributed by atoms with E-state index in [4.69, 9.17) is 32.4 Å². The van der Waals surface area contributed by atoms with Gasteiger partial charge < -0.3 is 19.0 Å². The Kier molecular flexibility index (Phi) is 9.35. The molecule has 0 spiro atoms. The first kappa shape index (κ1) is 28.3. The standard InChI is InChI=1S/C29H25Cl2FN2O5/c1-38-11-10-33(29(37)20-12-22(30)14-23(31)13-20)17-27(35)34(15-19-6-8-24(32)9-7-19)16-21-18-39-26-5-3-2-4-25(26)28(21)36/h2-9,12-14,18H,10-11,15-17H2,1H3. The van der Waals surface area contributed by atoms with Gasteiger partial charge in [-0.25, -0.2) is 4.39 Å². The van der Waals surface area contributed by atoms with Gasteiger partial charge in [-0.2, -0.15) is 0 Å². The van der Waals surface area contributed by atoms with Gasteiger partial charge in [-0.15, -0.1) is 0 Å². The summed E-state index contributed by atoms with van der Waals surface area (Å²) in [7, 11) is 1.49. The van der Waals surface area contributed by atoms with Crippen LogP contribution in [0.15, 0.2) is 82.2 Å². The van der Waals surface area contributed by atoms with E-state index < -0.39 is 17.6 Å². The molecule has 0 atom stereocenters. The van der Waals surface area contributed by atoms with Crippen molar-refractivity contribution >= 4 is 46.0 Å². The number of nitrogens with zero attached hydrogens (tertiary/aromatic N) is 2. The summed E-state index contributed by atoms with van der Waals surface area (Å²) in [4.78, 5) is 42.9. The maximum Gasteiger partial charge on any atom is 0.254 e. The SMILES string of the molecule is COCCN(CC(=O)N(Cc1ccc(F)cc1)Cc1coc2ccccc2c1=O)C(=O)c1cc(Cl)cc(Cl)c1. The average Bonchev–Trinajstić information content (AvgIpc) is 2.92. The molecule has 0 unspecified atom stereocenters. The summed E-state index contributed by atoms with van der Waals surface area (Å²) < 4.78 is 24.3. The molecular formula is C29H25Cl2FN2O5. The summed E-state index contributed by atoms with van der Waals surface area (Å²) >= 11 is 12.2. The van der Waals surface area contributed by atoms with Crippen molar-refractivity contribution in [1.29, 1.82) is 0 Å². The Morgan fingerprint density at radius 2 is 1.64 bits per heavy atom. The fourth-order valence-corrected chi connectivity index (χ4v) is 4.58. The minimum absolute atomic E-state index is 0.0701. The van der Waals surface area contributed by atoms with Gasteiger partial charge in [-0.1, -0.05) is 47.5 Å². The van der Waals surface area contributed by atoms with Crippen LogP contribution in [-0.2, 0) is 22.6 Å². The Bertz CT molecular complexity index is 1520. The number of benzene rings is 3. The van der Waals surface area contributed by atoms with Crippen molar-refractivity contribution in [3.63, 3.8) is 0 Å². The topological polar surface area (TPSA) is 80.1 Å². The van der Waals surface area contributed by atoms with Crippen LogP contribution in [0.2, 0.25) is 10.0 Å². The first-order chi connectivity index (χ1) is 18.7. The van der Waals surface area contributed by atoms with Crippen molar-refractivity contribution in [3.05, 3.63) is 116 Å². The first-order valence-electron chi connectivity index (χ1n) is 12.0. The smallest absolute Gasteiger partial charge is 0.254 e. The number of hydrogen-bond donors (Lipinski definition) is 0. The second kappa shape index (κ2) is 12.9. The minimum Gasteiger partial charge on any atom is -0.464 e. The second-order valence-corrected chi connectivity index (χ2v) is 9.71. The average molecular weight is 571 g/mol. The maximum atomic E-state index is 13.7. The lowest BCUT2D eigenvalue weighted by Gasteiger charge is -2.28. The van der Waals surface area contributed by atoms with Crippen molar-refractivity contribution in [1.82, 2.24) is 9.80 Å². The highest BCUT2D eigenvalue weighted by Gasteiger charge is 2.24. The summed E-state index contributed by atoms with van der Waals surface area (Å²) in [6.07, 6.45) is 1.33. The summed E-state index contributed by atoms with van der Waals surface area (Å²) in [6, 6.07) is 17.0. The van der Waals surface area contributed by atoms with E-state index in [0.29, 0.717) is 16.5 Å². The third-order valence-electron chi connectivity index (χ3n) is 6.04. The number of amides is 2. The Morgan fingerprint density at radius 1 is 0.949 bits per heavy atom. The van der Waals surface area contributed by atoms with Crippen molar-refractivity contribution in [2.75, 3.05) is 26.8 Å². The fraction of sp³-hybridized carbons (Fsp3) is 0.207. The molecule has 0 radical (unpaired) electrons. The molecule has 4 aromatic rings. The van der Waals surface area contributed by atoms with Gasteiger partial charge in [0.1, 0.15) is 17.9 Å². The van der Waals surface area contributed by atoms with Gasteiger partial charge in [0, 0.05) is 35.8 Å². The third kappa shape index (κ3) is 7.23. The van der Waals surface area contributed by atoms with Crippen molar-refractivity contribution in [2.45, 2.75) is 13.1 Å². The highest BCUT2D eigenvalue weighted by Crippen LogP contribution is 2.21. The van der Waals surface area contributed by atoms with Gasteiger partial charge in [0.05, 0.1) is 30.4 Å². The number of para-hydroxylation sites is 1. The van der Waals surface area contributed by atoms with E-state index in [0.717, 1.165) is 0 Å². The maximum absolute atomic E-state index is 13.7. The summed E-state index contributed by atoms with van der Waals surface area (Å²) in [6.45, 7) is -0.0287. The molecule has 202 valence electrons. The van der Waals surface area contributed by atoms with E-state index in [9.17, 15) is 18.8 Å². The van der Waals surface area contributed by atoms with Gasteiger partial charge in [0.15, 0.2) is 5.43 Å². The molecule has 2 amide bonds. The lowest BCUT2D eigenvalue weighted by Crippen LogP contribution is -2.44. The molecule has 1 aromatic heterocycles. The molecule has 1 heterocycles. The van der Waals surface area contributed by atoms with Crippen molar-refractivity contribution in [3.8, 4) is 0 Å². The van der Waals surface area contributed by atoms with Gasteiger partial charge >= 0.3 is 0 Å². The molecule has 0 aliphatic heterocycles. The molecule has 0 N–H and O–H groups in total. The zero-order valence-electron chi connectivity index (χ0n) is 21.0. The summed E-state index contributed by atoms with van der Waals surface area (Å²) in [5.41, 5.74) is 1.29. The number of carbonyl (C=O) groups is 2. The van der Waals surface area contributed by atoms with Crippen LogP contribution in [0.25, 0.3) is 11.0 Å². The summed E-state index contributed by atoms with van der Waals surface area (Å²) in [5.74, 6) is -1.32. The molecule has 0 fully saturated rings. The Morgan fingerprint density at radius 3 is 2.33 bits per heavy atom. The number of methoxy groups -OCH3 is 1. The van der Waals surface area contributed by atoms with Crippen LogP contribution in [0.3, 0.4) is 0 Å². The number of carbonyl (C=O) groups excluding carboxylic acids is 2. The van der Waals surface area contributed by atoms with Crippen LogP contribution in [0.4, 0.5) is 4.39 Å². The van der Waals surface area contributed by atoms with E-state index in [2.05, 4.69) is 0 Å². The van der Waals surface area contributed by atoms with E-state index in [-0.39, 0.29) is 59.4 Å². The van der Waals surface area contributed by atoms with Crippen molar-refractivity contribution < 1.29 is 23.1 Å². The van der Waals surface area contributed by atoms with Crippen molar-refractivity contribution in [2.24, 2.45) is 0 Å². The predicted molar refractivity (Wildman–Crippen MR) is 147 cm³/mol. The Balaban J connectivity index is 1.64. The van der Waals surface area contributed by atoms with Crippen LogP contribution in [0, 0.1) is 5.82 Å². The van der Waals surface area contributed by atoms with Crippen LogP contribution in [-0.4, -0.2) is 48.4 Å². The number of hydrogen-bond acceptors (Lipinski definition) is 5. The normalized spacial score (nSPS) is 11.0. The van der Waals surface area contributed by atoms with Gasteiger partial charge in [-0.3, -0.25) is 14.4 Å².